The van der Waals surface area contributed by atoms with Crippen molar-refractivity contribution in [1.29, 1.82) is 0 Å². The molecule has 0 aliphatic rings. The number of rotatable bonds is 8. The maximum absolute atomic E-state index is 12.7. The third kappa shape index (κ3) is 4.80. The van der Waals surface area contributed by atoms with Gasteiger partial charge in [-0.15, -0.1) is 11.3 Å². The lowest BCUT2D eigenvalue weighted by molar-refractivity contribution is -0.124. The number of thiazole rings is 1. The van der Waals surface area contributed by atoms with E-state index in [1.165, 1.54) is 17.7 Å². The molecule has 0 saturated heterocycles. The zero-order chi connectivity index (χ0) is 23.4. The summed E-state index contributed by atoms with van der Waals surface area (Å²) in [4.78, 5) is 33.8. The van der Waals surface area contributed by atoms with Crippen molar-refractivity contribution in [2.75, 3.05) is 19.5 Å². The summed E-state index contributed by atoms with van der Waals surface area (Å²) in [6.45, 7) is 1.76. The number of esters is 1. The summed E-state index contributed by atoms with van der Waals surface area (Å²) in [6, 6.07) is 10.2. The van der Waals surface area contributed by atoms with E-state index in [0.29, 0.717) is 39.8 Å². The van der Waals surface area contributed by atoms with Crippen LogP contribution in [0.5, 0.6) is 11.5 Å². The van der Waals surface area contributed by atoms with Crippen molar-refractivity contribution in [3.63, 3.8) is 0 Å². The highest BCUT2D eigenvalue weighted by molar-refractivity contribution is 7.14. The van der Waals surface area contributed by atoms with Crippen LogP contribution in [-0.2, 0) is 9.53 Å². The molecule has 1 N–H and O–H groups in total. The van der Waals surface area contributed by atoms with Gasteiger partial charge in [0.15, 0.2) is 34.7 Å². The Morgan fingerprint density at radius 2 is 1.94 bits per heavy atom. The first-order chi connectivity index (χ1) is 16.0. The van der Waals surface area contributed by atoms with Gasteiger partial charge in [0, 0.05) is 10.9 Å². The average molecular weight is 468 g/mol. The van der Waals surface area contributed by atoms with E-state index in [1.807, 2.05) is 17.5 Å². The Kier molecular flexibility index (Phi) is 6.55. The molecule has 170 valence electrons. The molecule has 0 fully saturated rings. The number of nitrogens with one attached hydrogen (secondary N) is 1. The van der Waals surface area contributed by atoms with E-state index in [9.17, 15) is 9.59 Å². The molecule has 10 heteroatoms. The van der Waals surface area contributed by atoms with E-state index in [4.69, 9.17) is 18.6 Å². The molecule has 1 atom stereocenters. The molecule has 2 aromatic heterocycles. The topological polar surface area (TPSA) is 113 Å². The number of carbonyl (C=O) groups excluding carboxylic acids is 2. The van der Waals surface area contributed by atoms with Crippen LogP contribution in [0.3, 0.4) is 0 Å². The summed E-state index contributed by atoms with van der Waals surface area (Å²) in [6.07, 6.45) is 0.628. The first-order valence-corrected chi connectivity index (χ1v) is 10.9. The average Bonchev–Trinajstić information content (AvgIpc) is 3.50. The Hall–Kier alpha value is -3.92. The standard InChI is InChI=1S/C23H21N3O6S/c1-4-17(32-22(28)14-6-7-18-15(9-14)24-12-31-18)21(27)26-23-25-16(11-33-23)13-5-8-19(29-2)20(10-13)30-3/h5-12,17H,4H2,1-3H3,(H,25,26,27). The first kappa shape index (κ1) is 22.3. The summed E-state index contributed by atoms with van der Waals surface area (Å²) in [5, 5.41) is 4.93. The van der Waals surface area contributed by atoms with Crippen LogP contribution in [0.2, 0.25) is 0 Å². The number of fused-ring (bicyclic) bond motifs is 1. The van der Waals surface area contributed by atoms with Crippen LogP contribution in [0.1, 0.15) is 23.7 Å². The fourth-order valence-corrected chi connectivity index (χ4v) is 3.87. The van der Waals surface area contributed by atoms with Gasteiger partial charge in [-0.2, -0.15) is 0 Å². The number of ether oxygens (including phenoxy) is 3. The highest BCUT2D eigenvalue weighted by Gasteiger charge is 2.23. The van der Waals surface area contributed by atoms with Gasteiger partial charge in [0.05, 0.1) is 25.5 Å². The maximum Gasteiger partial charge on any atom is 0.338 e. The molecule has 0 bridgehead atoms. The Morgan fingerprint density at radius 1 is 1.12 bits per heavy atom. The van der Waals surface area contributed by atoms with Gasteiger partial charge in [-0.05, 0) is 42.8 Å². The Labute approximate surface area is 193 Å². The van der Waals surface area contributed by atoms with E-state index in [0.717, 1.165) is 5.56 Å². The number of amides is 1. The molecule has 0 radical (unpaired) electrons. The van der Waals surface area contributed by atoms with E-state index in [2.05, 4.69) is 15.3 Å². The van der Waals surface area contributed by atoms with Crippen molar-refractivity contribution < 1.29 is 28.2 Å². The van der Waals surface area contributed by atoms with Crippen LogP contribution in [0.15, 0.2) is 52.6 Å². The summed E-state index contributed by atoms with van der Waals surface area (Å²) in [5.41, 5.74) is 2.86. The number of methoxy groups -OCH3 is 2. The molecule has 0 spiro atoms. The smallest absolute Gasteiger partial charge is 0.338 e. The SMILES string of the molecule is CCC(OC(=O)c1ccc2ocnc2c1)C(=O)Nc1nc(-c2ccc(OC)c(OC)c2)cs1. The number of benzene rings is 2. The van der Waals surface area contributed by atoms with Crippen molar-refractivity contribution in [3.8, 4) is 22.8 Å². The molecule has 4 rings (SSSR count). The molecule has 0 aliphatic heterocycles. The second-order valence-electron chi connectivity index (χ2n) is 6.93. The van der Waals surface area contributed by atoms with Gasteiger partial charge in [-0.25, -0.2) is 14.8 Å². The van der Waals surface area contributed by atoms with Gasteiger partial charge < -0.3 is 18.6 Å². The molecule has 1 unspecified atom stereocenters. The molecule has 2 aromatic carbocycles. The lowest BCUT2D eigenvalue weighted by Crippen LogP contribution is -2.32. The largest absolute Gasteiger partial charge is 0.493 e. The van der Waals surface area contributed by atoms with Crippen LogP contribution >= 0.6 is 11.3 Å². The number of aromatic nitrogens is 2. The normalized spacial score (nSPS) is 11.7. The highest BCUT2D eigenvalue weighted by atomic mass is 32.1. The van der Waals surface area contributed by atoms with Crippen molar-refractivity contribution in [3.05, 3.63) is 53.7 Å². The third-order valence-corrected chi connectivity index (χ3v) is 5.65. The fraction of sp³-hybridized carbons (Fsp3) is 0.217. The summed E-state index contributed by atoms with van der Waals surface area (Å²) >= 11 is 1.27. The molecule has 0 saturated carbocycles. The Bertz CT molecular complexity index is 1300. The maximum atomic E-state index is 12.7. The summed E-state index contributed by atoms with van der Waals surface area (Å²) < 4.78 is 21.2. The summed E-state index contributed by atoms with van der Waals surface area (Å²) in [5.74, 6) is 0.115. The van der Waals surface area contributed by atoms with Gasteiger partial charge >= 0.3 is 5.97 Å². The first-order valence-electron chi connectivity index (χ1n) is 10.1. The number of oxazole rings is 1. The molecule has 9 nitrogen and oxygen atoms in total. The second kappa shape index (κ2) is 9.70. The molecular weight excluding hydrogens is 446 g/mol. The second-order valence-corrected chi connectivity index (χ2v) is 7.79. The lowest BCUT2D eigenvalue weighted by atomic mass is 10.1. The monoisotopic (exact) mass is 467 g/mol. The number of hydrogen-bond acceptors (Lipinski definition) is 9. The van der Waals surface area contributed by atoms with Crippen LogP contribution < -0.4 is 14.8 Å². The van der Waals surface area contributed by atoms with Gasteiger partial charge in [0.1, 0.15) is 5.52 Å². The molecule has 33 heavy (non-hydrogen) atoms. The van der Waals surface area contributed by atoms with Crippen molar-refractivity contribution in [2.24, 2.45) is 0 Å². The van der Waals surface area contributed by atoms with E-state index < -0.39 is 18.0 Å². The number of hydrogen-bond donors (Lipinski definition) is 1. The molecule has 1 amide bonds. The van der Waals surface area contributed by atoms with Gasteiger partial charge in [0.2, 0.25) is 0 Å². The van der Waals surface area contributed by atoms with E-state index >= 15 is 0 Å². The molecular formula is C23H21N3O6S. The molecule has 2 heterocycles. The van der Waals surface area contributed by atoms with Crippen molar-refractivity contribution >= 4 is 39.4 Å². The molecule has 4 aromatic rings. The zero-order valence-electron chi connectivity index (χ0n) is 18.2. The quantitative estimate of drug-likeness (QED) is 0.376. The number of anilines is 1. The van der Waals surface area contributed by atoms with Crippen LogP contribution in [0.25, 0.3) is 22.4 Å². The minimum Gasteiger partial charge on any atom is -0.493 e. The molecule has 0 aliphatic carbocycles. The van der Waals surface area contributed by atoms with E-state index in [-0.39, 0.29) is 5.56 Å². The highest BCUT2D eigenvalue weighted by Crippen LogP contribution is 2.33. The van der Waals surface area contributed by atoms with Crippen molar-refractivity contribution in [1.82, 2.24) is 9.97 Å². The lowest BCUT2D eigenvalue weighted by Gasteiger charge is -2.15. The van der Waals surface area contributed by atoms with Gasteiger partial charge in [0.25, 0.3) is 5.91 Å². The van der Waals surface area contributed by atoms with Gasteiger partial charge in [-0.3, -0.25) is 10.1 Å². The summed E-state index contributed by atoms with van der Waals surface area (Å²) in [7, 11) is 3.13. The predicted octanol–water partition coefficient (Wildman–Crippen LogP) is 4.54. The van der Waals surface area contributed by atoms with Crippen LogP contribution in [-0.4, -0.2) is 42.2 Å². The third-order valence-electron chi connectivity index (χ3n) is 4.89. The van der Waals surface area contributed by atoms with Crippen molar-refractivity contribution in [2.45, 2.75) is 19.4 Å². The Morgan fingerprint density at radius 3 is 2.70 bits per heavy atom. The minimum atomic E-state index is -0.973. The predicted molar refractivity (Wildman–Crippen MR) is 123 cm³/mol. The van der Waals surface area contributed by atoms with Gasteiger partial charge in [-0.1, -0.05) is 6.92 Å². The van der Waals surface area contributed by atoms with E-state index in [1.54, 1.807) is 45.4 Å². The minimum absolute atomic E-state index is 0.285. The number of nitrogens with zero attached hydrogens (tertiary/aromatic N) is 2. The zero-order valence-corrected chi connectivity index (χ0v) is 19.0. The Balaban J connectivity index is 1.43. The van der Waals surface area contributed by atoms with Crippen LogP contribution in [0, 0.1) is 0 Å². The fourth-order valence-electron chi connectivity index (χ4n) is 3.15. The number of carbonyl (C=O) groups is 2. The van der Waals surface area contributed by atoms with Crippen LogP contribution in [0.4, 0.5) is 5.13 Å².